The molecule has 2 heteroatoms. The van der Waals surface area contributed by atoms with Crippen LogP contribution in [-0.2, 0) is 0 Å². The van der Waals surface area contributed by atoms with E-state index in [4.69, 9.17) is 0 Å². The molecule has 68 valence electrons. The molecule has 2 nitrogen and oxygen atoms in total. The molecule has 0 aromatic carbocycles. The minimum absolute atomic E-state index is 0.167. The molecule has 1 saturated carbocycles. The molecule has 0 heterocycles. The van der Waals surface area contributed by atoms with E-state index in [1.165, 1.54) is 6.42 Å². The van der Waals surface area contributed by atoms with Crippen LogP contribution in [0.15, 0.2) is 11.8 Å². The van der Waals surface area contributed by atoms with Gasteiger partial charge in [-0.15, -0.1) is 0 Å². The van der Waals surface area contributed by atoms with E-state index in [-0.39, 0.29) is 6.10 Å². The Morgan fingerprint density at radius 1 is 1.33 bits per heavy atom. The Hall–Kier alpha value is -0.500. The van der Waals surface area contributed by atoms with Gasteiger partial charge in [0.2, 0.25) is 0 Å². The number of hydrogen-bond donors (Lipinski definition) is 2. The third kappa shape index (κ3) is 1.36. The van der Waals surface area contributed by atoms with Gasteiger partial charge < -0.3 is 10.2 Å². The SMILES string of the molecule is OC1=CCC2CCCC(O)[C@H]2C1. The highest BCUT2D eigenvalue weighted by molar-refractivity contribution is 5.03. The van der Waals surface area contributed by atoms with Crippen LogP contribution in [0.25, 0.3) is 0 Å². The van der Waals surface area contributed by atoms with Crippen molar-refractivity contribution < 1.29 is 10.2 Å². The second-order valence-corrected chi connectivity index (χ2v) is 4.06. The maximum Gasteiger partial charge on any atom is 0.0886 e. The molecule has 0 aromatic heterocycles. The van der Waals surface area contributed by atoms with Crippen LogP contribution in [0, 0.1) is 11.8 Å². The van der Waals surface area contributed by atoms with Crippen molar-refractivity contribution in [2.45, 2.75) is 38.2 Å². The molecule has 2 unspecified atom stereocenters. The van der Waals surface area contributed by atoms with E-state index in [1.807, 2.05) is 6.08 Å². The highest BCUT2D eigenvalue weighted by Gasteiger charge is 2.34. The van der Waals surface area contributed by atoms with Gasteiger partial charge in [0.15, 0.2) is 0 Å². The number of rotatable bonds is 0. The van der Waals surface area contributed by atoms with Gasteiger partial charge in [-0.2, -0.15) is 0 Å². The first kappa shape index (κ1) is 8.11. The molecular weight excluding hydrogens is 152 g/mol. The molecule has 0 aromatic rings. The Kier molecular flexibility index (Phi) is 2.09. The summed E-state index contributed by atoms with van der Waals surface area (Å²) in [5, 5.41) is 19.0. The van der Waals surface area contributed by atoms with Crippen molar-refractivity contribution in [3.8, 4) is 0 Å². The molecule has 0 bridgehead atoms. The molecule has 0 aliphatic heterocycles. The second kappa shape index (κ2) is 3.09. The van der Waals surface area contributed by atoms with Crippen molar-refractivity contribution in [1.29, 1.82) is 0 Å². The van der Waals surface area contributed by atoms with E-state index in [0.29, 0.717) is 24.0 Å². The van der Waals surface area contributed by atoms with Crippen LogP contribution in [0.4, 0.5) is 0 Å². The molecule has 2 aliphatic carbocycles. The summed E-state index contributed by atoms with van der Waals surface area (Å²) in [6.07, 6.45) is 6.72. The van der Waals surface area contributed by atoms with Gasteiger partial charge in [-0.05, 0) is 37.2 Å². The van der Waals surface area contributed by atoms with E-state index in [9.17, 15) is 10.2 Å². The number of hydrogen-bond acceptors (Lipinski definition) is 2. The average molecular weight is 168 g/mol. The quantitative estimate of drug-likeness (QED) is 0.580. The standard InChI is InChI=1S/C10H16O2/c11-8-5-4-7-2-1-3-10(12)9(7)6-8/h5,7,9-12H,1-4,6H2/t7?,9-,10?/m0/s1. The predicted octanol–water partition coefficient (Wildman–Crippen LogP) is 2.00. The first-order valence-corrected chi connectivity index (χ1v) is 4.83. The normalized spacial score (nSPS) is 41.8. The topological polar surface area (TPSA) is 40.5 Å². The zero-order valence-corrected chi connectivity index (χ0v) is 7.24. The lowest BCUT2D eigenvalue weighted by Crippen LogP contribution is -2.34. The molecule has 1 fully saturated rings. The number of allylic oxidation sites excluding steroid dienone is 2. The molecule has 0 spiro atoms. The van der Waals surface area contributed by atoms with Gasteiger partial charge >= 0.3 is 0 Å². The fraction of sp³-hybridized carbons (Fsp3) is 0.800. The van der Waals surface area contributed by atoms with Crippen molar-refractivity contribution in [2.75, 3.05) is 0 Å². The van der Waals surface area contributed by atoms with E-state index >= 15 is 0 Å². The van der Waals surface area contributed by atoms with Crippen LogP contribution in [-0.4, -0.2) is 16.3 Å². The Bertz CT molecular complexity index is 198. The summed E-state index contributed by atoms with van der Waals surface area (Å²) >= 11 is 0. The molecule has 2 N–H and O–H groups in total. The summed E-state index contributed by atoms with van der Waals surface area (Å²) < 4.78 is 0. The number of aliphatic hydroxyl groups excluding tert-OH is 2. The monoisotopic (exact) mass is 168 g/mol. The zero-order chi connectivity index (χ0) is 8.55. The summed E-state index contributed by atoms with van der Waals surface area (Å²) in [5.74, 6) is 1.45. The van der Waals surface area contributed by atoms with Crippen LogP contribution in [0.2, 0.25) is 0 Å². The summed E-state index contributed by atoms with van der Waals surface area (Å²) in [4.78, 5) is 0. The Balaban J connectivity index is 2.09. The molecular formula is C10H16O2. The lowest BCUT2D eigenvalue weighted by Gasteiger charge is -2.37. The summed E-state index contributed by atoms with van der Waals surface area (Å²) in [6, 6.07) is 0. The number of fused-ring (bicyclic) bond motifs is 1. The Morgan fingerprint density at radius 2 is 2.17 bits per heavy atom. The van der Waals surface area contributed by atoms with E-state index in [2.05, 4.69) is 0 Å². The molecule has 3 atom stereocenters. The molecule has 0 radical (unpaired) electrons. The highest BCUT2D eigenvalue weighted by Crippen LogP contribution is 2.39. The Labute approximate surface area is 72.9 Å². The van der Waals surface area contributed by atoms with Crippen molar-refractivity contribution in [3.63, 3.8) is 0 Å². The number of aliphatic hydroxyl groups is 2. The van der Waals surface area contributed by atoms with Crippen LogP contribution < -0.4 is 0 Å². The maximum atomic E-state index is 9.68. The lowest BCUT2D eigenvalue weighted by atomic mass is 9.71. The van der Waals surface area contributed by atoms with Crippen LogP contribution >= 0.6 is 0 Å². The van der Waals surface area contributed by atoms with Crippen molar-refractivity contribution in [3.05, 3.63) is 11.8 Å². The minimum atomic E-state index is -0.167. The highest BCUT2D eigenvalue weighted by atomic mass is 16.3. The first-order valence-electron chi connectivity index (χ1n) is 4.83. The van der Waals surface area contributed by atoms with Gasteiger partial charge in [-0.25, -0.2) is 0 Å². The molecule has 0 amide bonds. The third-order valence-electron chi connectivity index (χ3n) is 3.28. The van der Waals surface area contributed by atoms with E-state index < -0.39 is 0 Å². The van der Waals surface area contributed by atoms with E-state index in [0.717, 1.165) is 19.3 Å². The maximum absolute atomic E-state index is 9.68. The lowest BCUT2D eigenvalue weighted by molar-refractivity contribution is 0.0224. The van der Waals surface area contributed by atoms with Crippen molar-refractivity contribution in [1.82, 2.24) is 0 Å². The smallest absolute Gasteiger partial charge is 0.0886 e. The third-order valence-corrected chi connectivity index (χ3v) is 3.28. The van der Waals surface area contributed by atoms with Gasteiger partial charge in [-0.3, -0.25) is 0 Å². The zero-order valence-electron chi connectivity index (χ0n) is 7.24. The first-order chi connectivity index (χ1) is 5.77. The van der Waals surface area contributed by atoms with Crippen LogP contribution in [0.1, 0.15) is 32.1 Å². The largest absolute Gasteiger partial charge is 0.513 e. The summed E-state index contributed by atoms with van der Waals surface area (Å²) in [6.45, 7) is 0. The van der Waals surface area contributed by atoms with Crippen molar-refractivity contribution in [2.24, 2.45) is 11.8 Å². The van der Waals surface area contributed by atoms with Gasteiger partial charge in [0.25, 0.3) is 0 Å². The van der Waals surface area contributed by atoms with Gasteiger partial charge in [0.1, 0.15) is 0 Å². The fourth-order valence-corrected chi connectivity index (χ4v) is 2.54. The fourth-order valence-electron chi connectivity index (χ4n) is 2.54. The molecule has 2 aliphatic rings. The minimum Gasteiger partial charge on any atom is -0.513 e. The summed E-state index contributed by atoms with van der Waals surface area (Å²) in [5.41, 5.74) is 0. The molecule has 12 heavy (non-hydrogen) atoms. The van der Waals surface area contributed by atoms with Gasteiger partial charge in [0, 0.05) is 6.42 Å². The molecule has 0 saturated heterocycles. The second-order valence-electron chi connectivity index (χ2n) is 4.06. The molecule has 2 rings (SSSR count). The Morgan fingerprint density at radius 3 is 3.00 bits per heavy atom. The van der Waals surface area contributed by atoms with E-state index in [1.54, 1.807) is 0 Å². The van der Waals surface area contributed by atoms with Crippen LogP contribution in [0.3, 0.4) is 0 Å². The summed E-state index contributed by atoms with van der Waals surface area (Å²) in [7, 11) is 0. The van der Waals surface area contributed by atoms with Crippen molar-refractivity contribution >= 4 is 0 Å². The predicted molar refractivity (Wildman–Crippen MR) is 46.8 cm³/mol. The van der Waals surface area contributed by atoms with Gasteiger partial charge in [0.05, 0.1) is 11.9 Å². The average Bonchev–Trinajstić information content (AvgIpc) is 2.07. The van der Waals surface area contributed by atoms with Gasteiger partial charge in [-0.1, -0.05) is 6.42 Å². The van der Waals surface area contributed by atoms with Crippen LogP contribution in [0.5, 0.6) is 0 Å².